The fourth-order valence-corrected chi connectivity index (χ4v) is 2.50. The molecule has 0 atom stereocenters. The van der Waals surface area contributed by atoms with Gasteiger partial charge in [0.1, 0.15) is 11.4 Å². The second kappa shape index (κ2) is 4.65. The van der Waals surface area contributed by atoms with Crippen LogP contribution >= 0.6 is 0 Å². The first-order chi connectivity index (χ1) is 9.08. The zero-order valence-electron chi connectivity index (χ0n) is 12.8. The molecule has 0 spiro atoms. The number of carboxylic acids is 1. The van der Waals surface area contributed by atoms with Crippen molar-refractivity contribution in [2.24, 2.45) is 0 Å². The predicted molar refractivity (Wildman–Crippen MR) is 80.1 cm³/mol. The van der Waals surface area contributed by atoms with E-state index in [1.54, 1.807) is 0 Å². The Kier molecular flexibility index (Phi) is 3.41. The Morgan fingerprint density at radius 1 is 1.35 bits per heavy atom. The third kappa shape index (κ3) is 3.03. The molecule has 0 aromatic heterocycles. The number of hydrogen-bond donors (Lipinski definition) is 1. The quantitative estimate of drug-likeness (QED) is 0.787. The zero-order valence-corrected chi connectivity index (χ0v) is 12.8. The summed E-state index contributed by atoms with van der Waals surface area (Å²) in [6.07, 6.45) is 1.90. The molecule has 20 heavy (non-hydrogen) atoms. The van der Waals surface area contributed by atoms with Crippen LogP contribution in [-0.4, -0.2) is 16.7 Å². The van der Waals surface area contributed by atoms with E-state index in [0.717, 1.165) is 16.9 Å². The van der Waals surface area contributed by atoms with Gasteiger partial charge < -0.3 is 9.84 Å². The molecule has 0 amide bonds. The minimum absolute atomic E-state index is 0.0241. The van der Waals surface area contributed by atoms with E-state index in [2.05, 4.69) is 32.9 Å². The Balaban J connectivity index is 2.58. The van der Waals surface area contributed by atoms with Gasteiger partial charge in [-0.15, -0.1) is 0 Å². The molecule has 0 unspecified atom stereocenters. The number of benzene rings is 1. The number of fused-ring (bicyclic) bond motifs is 1. The minimum Gasteiger partial charge on any atom is -0.487 e. The van der Waals surface area contributed by atoms with Gasteiger partial charge >= 0.3 is 5.97 Å². The van der Waals surface area contributed by atoms with Gasteiger partial charge in [-0.05, 0) is 42.5 Å². The highest BCUT2D eigenvalue weighted by Gasteiger charge is 2.31. The monoisotopic (exact) mass is 274 g/mol. The zero-order chi connectivity index (χ0) is 15.1. The highest BCUT2D eigenvalue weighted by atomic mass is 16.5. The highest BCUT2D eigenvalue weighted by Crippen LogP contribution is 2.41. The van der Waals surface area contributed by atoms with E-state index in [0.29, 0.717) is 6.42 Å². The normalized spacial score (nSPS) is 19.4. The number of aliphatic carboxylic acids is 1. The van der Waals surface area contributed by atoms with Gasteiger partial charge in [-0.1, -0.05) is 26.8 Å². The molecule has 0 aliphatic carbocycles. The van der Waals surface area contributed by atoms with E-state index in [4.69, 9.17) is 9.84 Å². The molecule has 3 heteroatoms. The van der Waals surface area contributed by atoms with E-state index in [-0.39, 0.29) is 11.0 Å². The standard InChI is InChI=1S/C17H22O3/c1-16(2,3)12-6-7-14-13(9-12)11(8-15(18)19)10-17(4,5)20-14/h6-9H,10H2,1-5H3,(H,18,19)/b11-8+. The molecular weight excluding hydrogens is 252 g/mol. The van der Waals surface area contributed by atoms with Crippen molar-refractivity contribution < 1.29 is 14.6 Å². The summed E-state index contributed by atoms with van der Waals surface area (Å²) in [5.41, 5.74) is 2.55. The molecule has 3 nitrogen and oxygen atoms in total. The van der Waals surface area contributed by atoms with Crippen LogP contribution in [0.2, 0.25) is 0 Å². The van der Waals surface area contributed by atoms with Crippen LogP contribution in [0.4, 0.5) is 0 Å². The molecule has 0 radical (unpaired) electrons. The predicted octanol–water partition coefficient (Wildman–Crippen LogP) is 4.01. The van der Waals surface area contributed by atoms with Crippen molar-refractivity contribution in [2.45, 2.75) is 52.1 Å². The summed E-state index contributed by atoms with van der Waals surface area (Å²) in [5, 5.41) is 9.07. The molecule has 0 saturated carbocycles. The van der Waals surface area contributed by atoms with Crippen LogP contribution in [0.5, 0.6) is 5.75 Å². The third-order valence-electron chi connectivity index (χ3n) is 3.49. The first-order valence-corrected chi connectivity index (χ1v) is 6.86. The van der Waals surface area contributed by atoms with Gasteiger partial charge in [0.2, 0.25) is 0 Å². The molecule has 1 aliphatic rings. The van der Waals surface area contributed by atoms with Crippen LogP contribution in [-0.2, 0) is 10.2 Å². The van der Waals surface area contributed by atoms with Crippen LogP contribution in [0.25, 0.3) is 5.57 Å². The summed E-state index contributed by atoms with van der Waals surface area (Å²) in [6, 6.07) is 6.06. The molecule has 0 saturated heterocycles. The summed E-state index contributed by atoms with van der Waals surface area (Å²) < 4.78 is 5.96. The number of carboxylic acid groups (broad SMARTS) is 1. The molecule has 1 heterocycles. The van der Waals surface area contributed by atoms with Crippen molar-refractivity contribution in [1.82, 2.24) is 0 Å². The molecule has 1 aliphatic heterocycles. The van der Waals surface area contributed by atoms with Crippen molar-refractivity contribution in [3.8, 4) is 5.75 Å². The van der Waals surface area contributed by atoms with Gasteiger partial charge in [0, 0.05) is 18.1 Å². The Morgan fingerprint density at radius 3 is 2.55 bits per heavy atom. The van der Waals surface area contributed by atoms with Crippen molar-refractivity contribution in [2.75, 3.05) is 0 Å². The third-order valence-corrected chi connectivity index (χ3v) is 3.49. The van der Waals surface area contributed by atoms with E-state index < -0.39 is 5.97 Å². The summed E-state index contributed by atoms with van der Waals surface area (Å²) >= 11 is 0. The van der Waals surface area contributed by atoms with E-state index in [1.807, 2.05) is 19.9 Å². The molecule has 108 valence electrons. The topological polar surface area (TPSA) is 46.5 Å². The van der Waals surface area contributed by atoms with Gasteiger partial charge in [-0.2, -0.15) is 0 Å². The van der Waals surface area contributed by atoms with Crippen molar-refractivity contribution in [1.29, 1.82) is 0 Å². The molecule has 1 aromatic carbocycles. The molecule has 1 N–H and O–H groups in total. The fraction of sp³-hybridized carbons (Fsp3) is 0.471. The van der Waals surface area contributed by atoms with Gasteiger partial charge in [0.05, 0.1) is 0 Å². The maximum absolute atomic E-state index is 11.1. The average Bonchev–Trinajstić information content (AvgIpc) is 2.24. The minimum atomic E-state index is -0.912. The van der Waals surface area contributed by atoms with E-state index in [9.17, 15) is 4.79 Å². The second-order valence-electron chi connectivity index (χ2n) is 7.01. The first kappa shape index (κ1) is 14.6. The summed E-state index contributed by atoms with van der Waals surface area (Å²) in [7, 11) is 0. The molecule has 2 rings (SSSR count). The van der Waals surface area contributed by atoms with Crippen LogP contribution < -0.4 is 4.74 Å². The highest BCUT2D eigenvalue weighted by molar-refractivity contribution is 5.91. The number of rotatable bonds is 1. The smallest absolute Gasteiger partial charge is 0.328 e. The fourth-order valence-electron chi connectivity index (χ4n) is 2.50. The lowest BCUT2D eigenvalue weighted by molar-refractivity contribution is -0.131. The first-order valence-electron chi connectivity index (χ1n) is 6.86. The Bertz CT molecular complexity index is 574. The van der Waals surface area contributed by atoms with E-state index >= 15 is 0 Å². The average molecular weight is 274 g/mol. The molecular formula is C17H22O3. The summed E-state index contributed by atoms with van der Waals surface area (Å²) in [5.74, 6) is -0.147. The summed E-state index contributed by atoms with van der Waals surface area (Å²) in [6.45, 7) is 10.4. The Labute approximate surface area is 120 Å². The van der Waals surface area contributed by atoms with Crippen molar-refractivity contribution in [3.05, 3.63) is 35.4 Å². The lowest BCUT2D eigenvalue weighted by Gasteiger charge is -2.35. The van der Waals surface area contributed by atoms with Crippen molar-refractivity contribution in [3.63, 3.8) is 0 Å². The lowest BCUT2D eigenvalue weighted by Crippen LogP contribution is -2.32. The SMILES string of the molecule is CC1(C)C/C(=C\C(=O)O)c2cc(C(C)(C)C)ccc2O1. The number of carbonyl (C=O) groups is 1. The van der Waals surface area contributed by atoms with Crippen LogP contribution in [0.15, 0.2) is 24.3 Å². The van der Waals surface area contributed by atoms with E-state index in [1.165, 1.54) is 11.6 Å². The second-order valence-corrected chi connectivity index (χ2v) is 7.01. The van der Waals surface area contributed by atoms with Crippen LogP contribution in [0, 0.1) is 0 Å². The Hall–Kier alpha value is -1.77. The number of ether oxygens (including phenoxy) is 1. The lowest BCUT2D eigenvalue weighted by atomic mass is 9.82. The van der Waals surface area contributed by atoms with Gasteiger partial charge in [0.25, 0.3) is 0 Å². The van der Waals surface area contributed by atoms with Gasteiger partial charge in [-0.3, -0.25) is 0 Å². The van der Waals surface area contributed by atoms with Crippen LogP contribution in [0.3, 0.4) is 0 Å². The molecule has 0 bridgehead atoms. The van der Waals surface area contributed by atoms with Gasteiger partial charge in [-0.25, -0.2) is 4.79 Å². The summed E-state index contributed by atoms with van der Waals surface area (Å²) in [4.78, 5) is 11.1. The Morgan fingerprint density at radius 2 is 2.00 bits per heavy atom. The van der Waals surface area contributed by atoms with Crippen LogP contribution in [0.1, 0.15) is 52.2 Å². The number of hydrogen-bond acceptors (Lipinski definition) is 2. The molecule has 1 aromatic rings. The largest absolute Gasteiger partial charge is 0.487 e. The molecule has 0 fully saturated rings. The maximum atomic E-state index is 11.1. The van der Waals surface area contributed by atoms with Gasteiger partial charge in [0.15, 0.2) is 0 Å². The maximum Gasteiger partial charge on any atom is 0.328 e. The van der Waals surface area contributed by atoms with Crippen molar-refractivity contribution >= 4 is 11.5 Å².